The van der Waals surface area contributed by atoms with Gasteiger partial charge in [0.25, 0.3) is 11.8 Å². The third kappa shape index (κ3) is 1.69. The highest BCUT2D eigenvalue weighted by atomic mass is 16.2. The molecule has 0 spiro atoms. The van der Waals surface area contributed by atoms with Crippen LogP contribution in [-0.2, 0) is 0 Å². The molecule has 2 aromatic rings. The number of carbonyl (C=O) groups is 2. The number of nitrogens with zero attached hydrogens (tertiary/aromatic N) is 1. The van der Waals surface area contributed by atoms with Crippen LogP contribution in [-0.4, -0.2) is 18.9 Å². The molecule has 4 nitrogen and oxygen atoms in total. The first-order chi connectivity index (χ1) is 9.63. The fraction of sp³-hybridized carbons (Fsp3) is 0.125. The predicted octanol–water partition coefficient (Wildman–Crippen LogP) is 2.84. The van der Waals surface area contributed by atoms with Crippen molar-refractivity contribution < 1.29 is 9.59 Å². The highest BCUT2D eigenvalue weighted by molar-refractivity contribution is 6.36. The molecule has 2 aromatic carbocycles. The summed E-state index contributed by atoms with van der Waals surface area (Å²) in [6, 6.07) is 12.6. The number of imide groups is 1. The summed E-state index contributed by atoms with van der Waals surface area (Å²) in [6.07, 6.45) is 0. The predicted molar refractivity (Wildman–Crippen MR) is 78.3 cm³/mol. The van der Waals surface area contributed by atoms with E-state index in [1.807, 2.05) is 25.1 Å². The Labute approximate surface area is 117 Å². The number of fused-ring (bicyclic) bond motifs is 1. The molecule has 0 saturated carbocycles. The standard InChI is InChI=1S/C16H14N2O2/c1-10-5-3-6-11(9-10)18-15(19)12-7-4-8-13(17-2)14(12)16(18)20/h3-9,17H,1-2H3. The molecule has 1 aliphatic heterocycles. The number of anilines is 2. The van der Waals surface area contributed by atoms with Crippen molar-refractivity contribution >= 4 is 23.2 Å². The maximum atomic E-state index is 12.6. The number of benzene rings is 2. The maximum Gasteiger partial charge on any atom is 0.268 e. The molecule has 2 amide bonds. The summed E-state index contributed by atoms with van der Waals surface area (Å²) in [5, 5.41) is 2.96. The minimum atomic E-state index is -0.277. The van der Waals surface area contributed by atoms with Crippen molar-refractivity contribution in [2.75, 3.05) is 17.3 Å². The Morgan fingerprint density at radius 3 is 2.45 bits per heavy atom. The van der Waals surface area contributed by atoms with Crippen LogP contribution < -0.4 is 10.2 Å². The topological polar surface area (TPSA) is 49.4 Å². The van der Waals surface area contributed by atoms with Crippen molar-refractivity contribution in [3.05, 3.63) is 59.2 Å². The van der Waals surface area contributed by atoms with Crippen molar-refractivity contribution in [3.63, 3.8) is 0 Å². The van der Waals surface area contributed by atoms with E-state index in [4.69, 9.17) is 0 Å². The van der Waals surface area contributed by atoms with Crippen molar-refractivity contribution in [1.29, 1.82) is 0 Å². The summed E-state index contributed by atoms with van der Waals surface area (Å²) >= 11 is 0. The van der Waals surface area contributed by atoms with E-state index in [0.29, 0.717) is 22.5 Å². The van der Waals surface area contributed by atoms with E-state index in [0.717, 1.165) is 5.56 Å². The molecule has 0 aromatic heterocycles. The van der Waals surface area contributed by atoms with Crippen LogP contribution in [0.1, 0.15) is 26.3 Å². The molecule has 4 heteroatoms. The van der Waals surface area contributed by atoms with Crippen LogP contribution in [0.4, 0.5) is 11.4 Å². The highest BCUT2D eigenvalue weighted by Crippen LogP contribution is 2.32. The summed E-state index contributed by atoms with van der Waals surface area (Å²) in [5.74, 6) is -0.548. The molecule has 1 N–H and O–H groups in total. The van der Waals surface area contributed by atoms with Crippen molar-refractivity contribution in [3.8, 4) is 0 Å². The number of carbonyl (C=O) groups excluding carboxylic acids is 2. The van der Waals surface area contributed by atoms with Gasteiger partial charge in [-0.05, 0) is 36.8 Å². The summed E-state index contributed by atoms with van der Waals surface area (Å²) in [4.78, 5) is 26.3. The lowest BCUT2D eigenvalue weighted by Gasteiger charge is -2.14. The molecule has 3 rings (SSSR count). The third-order valence-electron chi connectivity index (χ3n) is 3.44. The van der Waals surface area contributed by atoms with E-state index < -0.39 is 0 Å². The molecule has 0 atom stereocenters. The fourth-order valence-electron chi connectivity index (χ4n) is 2.50. The monoisotopic (exact) mass is 266 g/mol. The Morgan fingerprint density at radius 2 is 1.75 bits per heavy atom. The van der Waals surface area contributed by atoms with Gasteiger partial charge in [-0.3, -0.25) is 9.59 Å². The largest absolute Gasteiger partial charge is 0.387 e. The number of amides is 2. The zero-order chi connectivity index (χ0) is 14.3. The van der Waals surface area contributed by atoms with E-state index in [9.17, 15) is 9.59 Å². The van der Waals surface area contributed by atoms with Crippen LogP contribution >= 0.6 is 0 Å². The van der Waals surface area contributed by atoms with Gasteiger partial charge in [0.2, 0.25) is 0 Å². The first kappa shape index (κ1) is 12.4. The average molecular weight is 266 g/mol. The molecule has 1 heterocycles. The van der Waals surface area contributed by atoms with Crippen LogP contribution in [0, 0.1) is 6.92 Å². The summed E-state index contributed by atoms with van der Waals surface area (Å²) in [7, 11) is 1.74. The second-order valence-corrected chi connectivity index (χ2v) is 4.76. The molecule has 0 saturated heterocycles. The lowest BCUT2D eigenvalue weighted by Crippen LogP contribution is -2.29. The molecule has 100 valence electrons. The van der Waals surface area contributed by atoms with Crippen molar-refractivity contribution in [2.24, 2.45) is 0 Å². The van der Waals surface area contributed by atoms with E-state index >= 15 is 0 Å². The van der Waals surface area contributed by atoms with Gasteiger partial charge in [0, 0.05) is 12.7 Å². The van der Waals surface area contributed by atoms with Crippen LogP contribution in [0.25, 0.3) is 0 Å². The number of aryl methyl sites for hydroxylation is 1. The van der Waals surface area contributed by atoms with E-state index in [1.54, 1.807) is 31.3 Å². The van der Waals surface area contributed by atoms with Gasteiger partial charge in [-0.2, -0.15) is 0 Å². The smallest absolute Gasteiger partial charge is 0.268 e. The van der Waals surface area contributed by atoms with Gasteiger partial charge in [0.05, 0.1) is 16.8 Å². The van der Waals surface area contributed by atoms with Gasteiger partial charge < -0.3 is 5.32 Å². The second kappa shape index (κ2) is 4.49. The Morgan fingerprint density at radius 1 is 1.00 bits per heavy atom. The van der Waals surface area contributed by atoms with Crippen molar-refractivity contribution in [1.82, 2.24) is 0 Å². The second-order valence-electron chi connectivity index (χ2n) is 4.76. The molecule has 0 fully saturated rings. The zero-order valence-electron chi connectivity index (χ0n) is 11.3. The SMILES string of the molecule is CNc1cccc2c1C(=O)N(c1cccc(C)c1)C2=O. The van der Waals surface area contributed by atoms with Gasteiger partial charge in [0.15, 0.2) is 0 Å². The Balaban J connectivity index is 2.15. The lowest BCUT2D eigenvalue weighted by atomic mass is 10.1. The first-order valence-corrected chi connectivity index (χ1v) is 6.39. The number of rotatable bonds is 2. The summed E-state index contributed by atoms with van der Waals surface area (Å²) in [5.41, 5.74) is 3.19. The quantitative estimate of drug-likeness (QED) is 0.850. The molecule has 1 aliphatic rings. The van der Waals surface area contributed by atoms with Gasteiger partial charge in [-0.15, -0.1) is 0 Å². The maximum absolute atomic E-state index is 12.6. The molecule has 20 heavy (non-hydrogen) atoms. The van der Waals surface area contributed by atoms with Crippen molar-refractivity contribution in [2.45, 2.75) is 6.92 Å². The van der Waals surface area contributed by atoms with E-state index in [1.165, 1.54) is 4.90 Å². The Hall–Kier alpha value is -2.62. The Kier molecular flexibility index (Phi) is 2.79. The van der Waals surface area contributed by atoms with Gasteiger partial charge in [-0.25, -0.2) is 4.90 Å². The van der Waals surface area contributed by atoms with Gasteiger partial charge >= 0.3 is 0 Å². The van der Waals surface area contributed by atoms with Crippen LogP contribution in [0.2, 0.25) is 0 Å². The van der Waals surface area contributed by atoms with E-state index in [-0.39, 0.29) is 11.8 Å². The third-order valence-corrected chi connectivity index (χ3v) is 3.44. The fourth-order valence-corrected chi connectivity index (χ4v) is 2.50. The number of hydrogen-bond acceptors (Lipinski definition) is 3. The van der Waals surface area contributed by atoms with Crippen LogP contribution in [0.15, 0.2) is 42.5 Å². The minimum Gasteiger partial charge on any atom is -0.387 e. The summed E-state index contributed by atoms with van der Waals surface area (Å²) < 4.78 is 0. The number of hydrogen-bond donors (Lipinski definition) is 1. The van der Waals surface area contributed by atoms with Gasteiger partial charge in [-0.1, -0.05) is 18.2 Å². The molecule has 0 radical (unpaired) electrons. The zero-order valence-corrected chi connectivity index (χ0v) is 11.3. The normalized spacial score (nSPS) is 13.6. The van der Waals surface area contributed by atoms with E-state index in [2.05, 4.69) is 5.32 Å². The van der Waals surface area contributed by atoms with Crippen LogP contribution in [0.5, 0.6) is 0 Å². The average Bonchev–Trinajstić information content (AvgIpc) is 2.71. The minimum absolute atomic E-state index is 0.271. The highest BCUT2D eigenvalue weighted by Gasteiger charge is 2.38. The molecule has 0 bridgehead atoms. The Bertz CT molecular complexity index is 722. The molecule has 0 unspecified atom stereocenters. The lowest BCUT2D eigenvalue weighted by molar-refractivity contribution is 0.0926. The van der Waals surface area contributed by atoms with Crippen LogP contribution in [0.3, 0.4) is 0 Å². The molecule has 0 aliphatic carbocycles. The first-order valence-electron chi connectivity index (χ1n) is 6.39. The molecular formula is C16H14N2O2. The molecular weight excluding hydrogens is 252 g/mol. The number of nitrogens with one attached hydrogen (secondary N) is 1. The summed E-state index contributed by atoms with van der Waals surface area (Å²) in [6.45, 7) is 1.93. The van der Waals surface area contributed by atoms with Gasteiger partial charge in [0.1, 0.15) is 0 Å².